The second-order valence-corrected chi connectivity index (χ2v) is 3.80. The molecule has 2 rings (SSSR count). The molecule has 6 heteroatoms. The van der Waals surface area contributed by atoms with Crippen LogP contribution in [-0.2, 0) is 17.7 Å². The van der Waals surface area contributed by atoms with Gasteiger partial charge in [0.2, 0.25) is 0 Å². The molecule has 0 bridgehead atoms. The van der Waals surface area contributed by atoms with Crippen molar-refractivity contribution in [3.05, 3.63) is 42.0 Å². The molecule has 2 heterocycles. The number of methoxy groups -OCH3 is 1. The van der Waals surface area contributed by atoms with Crippen molar-refractivity contribution < 1.29 is 9.53 Å². The number of aromatic nitrogens is 3. The highest BCUT2D eigenvalue weighted by Gasteiger charge is 2.14. The lowest BCUT2D eigenvalue weighted by molar-refractivity contribution is 0.0594. The number of ether oxygens (including phenoxy) is 1. The lowest BCUT2D eigenvalue weighted by Gasteiger charge is -2.01. The molecule has 0 saturated heterocycles. The summed E-state index contributed by atoms with van der Waals surface area (Å²) in [5.74, 6) is -0.521. The van der Waals surface area contributed by atoms with Gasteiger partial charge in [0.1, 0.15) is 0 Å². The van der Waals surface area contributed by atoms with Crippen molar-refractivity contribution in [2.24, 2.45) is 0 Å². The lowest BCUT2D eigenvalue weighted by Crippen LogP contribution is -2.07. The van der Waals surface area contributed by atoms with E-state index in [1.807, 2.05) is 12.1 Å². The van der Waals surface area contributed by atoms with Crippen LogP contribution in [0.3, 0.4) is 0 Å². The molecule has 0 atom stereocenters. The fraction of sp³-hybridized carbons (Fsp3) is 0.250. The number of nitrogens with two attached hydrogens (primary N) is 1. The van der Waals surface area contributed by atoms with E-state index in [-0.39, 0.29) is 5.69 Å². The summed E-state index contributed by atoms with van der Waals surface area (Å²) in [6.07, 6.45) is 5.93. The van der Waals surface area contributed by atoms with Crippen LogP contribution in [0.4, 0.5) is 5.69 Å². The first kappa shape index (κ1) is 12.1. The van der Waals surface area contributed by atoms with Crippen molar-refractivity contribution in [2.75, 3.05) is 12.8 Å². The van der Waals surface area contributed by atoms with Crippen molar-refractivity contribution in [1.82, 2.24) is 14.8 Å². The third kappa shape index (κ3) is 2.65. The summed E-state index contributed by atoms with van der Waals surface area (Å²) in [6, 6.07) is 3.87. The Hall–Kier alpha value is -2.37. The first-order chi connectivity index (χ1) is 8.70. The SMILES string of the molecule is COC(=O)c1nn(CCc2cccnc2)cc1N. The predicted molar refractivity (Wildman–Crippen MR) is 65.9 cm³/mol. The number of esters is 1. The summed E-state index contributed by atoms with van der Waals surface area (Å²) in [6.45, 7) is 0.632. The number of rotatable bonds is 4. The number of nitrogen functional groups attached to an aromatic ring is 1. The largest absolute Gasteiger partial charge is 0.464 e. The normalized spacial score (nSPS) is 10.3. The maximum atomic E-state index is 11.3. The van der Waals surface area contributed by atoms with Gasteiger partial charge in [-0.2, -0.15) is 5.10 Å². The van der Waals surface area contributed by atoms with E-state index in [0.29, 0.717) is 12.2 Å². The Morgan fingerprint density at radius 3 is 3.06 bits per heavy atom. The Morgan fingerprint density at radius 2 is 2.39 bits per heavy atom. The Balaban J connectivity index is 2.05. The van der Waals surface area contributed by atoms with E-state index >= 15 is 0 Å². The molecule has 0 fully saturated rings. The van der Waals surface area contributed by atoms with Gasteiger partial charge < -0.3 is 10.5 Å². The number of nitrogens with zero attached hydrogens (tertiary/aromatic N) is 3. The second kappa shape index (κ2) is 5.31. The maximum Gasteiger partial charge on any atom is 0.360 e. The van der Waals surface area contributed by atoms with Crippen LogP contribution in [0.15, 0.2) is 30.7 Å². The predicted octanol–water partition coefficient (Wildman–Crippen LogP) is 0.890. The summed E-state index contributed by atoms with van der Waals surface area (Å²) >= 11 is 0. The molecule has 2 aromatic rings. The van der Waals surface area contributed by atoms with Crippen LogP contribution >= 0.6 is 0 Å². The average molecular weight is 246 g/mol. The van der Waals surface area contributed by atoms with Gasteiger partial charge in [-0.25, -0.2) is 4.79 Å². The van der Waals surface area contributed by atoms with Gasteiger partial charge in [0.25, 0.3) is 0 Å². The van der Waals surface area contributed by atoms with Crippen molar-refractivity contribution in [2.45, 2.75) is 13.0 Å². The van der Waals surface area contributed by atoms with Crippen molar-refractivity contribution in [3.8, 4) is 0 Å². The van der Waals surface area contributed by atoms with Gasteiger partial charge in [-0.15, -0.1) is 0 Å². The van der Waals surface area contributed by atoms with Gasteiger partial charge >= 0.3 is 5.97 Å². The van der Waals surface area contributed by atoms with Crippen LogP contribution < -0.4 is 5.73 Å². The third-order valence-corrected chi connectivity index (χ3v) is 2.52. The summed E-state index contributed by atoms with van der Waals surface area (Å²) in [5.41, 5.74) is 7.28. The smallest absolute Gasteiger partial charge is 0.360 e. The molecular weight excluding hydrogens is 232 g/mol. The van der Waals surface area contributed by atoms with Crippen LogP contribution in [0.25, 0.3) is 0 Å². The van der Waals surface area contributed by atoms with E-state index in [1.165, 1.54) is 7.11 Å². The van der Waals surface area contributed by atoms with Crippen LogP contribution in [0.5, 0.6) is 0 Å². The van der Waals surface area contributed by atoms with E-state index in [2.05, 4.69) is 14.8 Å². The number of hydrogen-bond acceptors (Lipinski definition) is 5. The second-order valence-electron chi connectivity index (χ2n) is 3.80. The topological polar surface area (TPSA) is 83.0 Å². The fourth-order valence-electron chi connectivity index (χ4n) is 1.60. The summed E-state index contributed by atoms with van der Waals surface area (Å²) < 4.78 is 6.22. The number of aryl methyl sites for hydroxylation is 2. The maximum absolute atomic E-state index is 11.3. The highest BCUT2D eigenvalue weighted by atomic mass is 16.5. The van der Waals surface area contributed by atoms with Gasteiger partial charge in [-0.3, -0.25) is 9.67 Å². The minimum atomic E-state index is -0.521. The zero-order valence-electron chi connectivity index (χ0n) is 10.0. The van der Waals surface area contributed by atoms with Gasteiger partial charge in [-0.05, 0) is 18.1 Å². The molecule has 2 N–H and O–H groups in total. The van der Waals surface area contributed by atoms with Crippen molar-refractivity contribution in [3.63, 3.8) is 0 Å². The molecule has 0 amide bonds. The molecule has 0 aliphatic heterocycles. The van der Waals surface area contributed by atoms with Gasteiger partial charge in [0.15, 0.2) is 5.69 Å². The monoisotopic (exact) mass is 246 g/mol. The van der Waals surface area contributed by atoms with Crippen LogP contribution in [0, 0.1) is 0 Å². The summed E-state index contributed by atoms with van der Waals surface area (Å²) in [4.78, 5) is 15.4. The summed E-state index contributed by atoms with van der Waals surface area (Å²) in [7, 11) is 1.30. The van der Waals surface area contributed by atoms with E-state index in [4.69, 9.17) is 5.73 Å². The van der Waals surface area contributed by atoms with E-state index in [9.17, 15) is 4.79 Å². The van der Waals surface area contributed by atoms with Crippen molar-refractivity contribution in [1.29, 1.82) is 0 Å². The number of pyridine rings is 1. The molecule has 6 nitrogen and oxygen atoms in total. The quantitative estimate of drug-likeness (QED) is 0.810. The molecule has 94 valence electrons. The Kier molecular flexibility index (Phi) is 3.57. The first-order valence-corrected chi connectivity index (χ1v) is 5.51. The van der Waals surface area contributed by atoms with Crippen LogP contribution in [0.1, 0.15) is 16.1 Å². The lowest BCUT2D eigenvalue weighted by atomic mass is 10.2. The Morgan fingerprint density at radius 1 is 1.56 bits per heavy atom. The minimum absolute atomic E-state index is 0.156. The number of hydrogen-bond donors (Lipinski definition) is 1. The van der Waals surface area contributed by atoms with Crippen molar-refractivity contribution >= 4 is 11.7 Å². The van der Waals surface area contributed by atoms with E-state index in [1.54, 1.807) is 23.3 Å². The first-order valence-electron chi connectivity index (χ1n) is 5.51. The molecule has 18 heavy (non-hydrogen) atoms. The standard InChI is InChI=1S/C12H14N4O2/c1-18-12(17)11-10(13)8-16(15-11)6-4-9-3-2-5-14-7-9/h2-3,5,7-8H,4,6,13H2,1H3. The molecule has 2 aromatic heterocycles. The molecule has 0 radical (unpaired) electrons. The zero-order valence-corrected chi connectivity index (χ0v) is 10.0. The van der Waals surface area contributed by atoms with Crippen LogP contribution in [0.2, 0.25) is 0 Å². The molecule has 0 spiro atoms. The molecule has 0 aliphatic carbocycles. The number of anilines is 1. The molecule has 0 aliphatic rings. The number of carbonyl (C=O) groups is 1. The molecule has 0 unspecified atom stereocenters. The van der Waals surface area contributed by atoms with Crippen LogP contribution in [-0.4, -0.2) is 27.8 Å². The molecule has 0 aromatic carbocycles. The molecular formula is C12H14N4O2. The average Bonchev–Trinajstić information content (AvgIpc) is 2.78. The van der Waals surface area contributed by atoms with Gasteiger partial charge in [-0.1, -0.05) is 6.07 Å². The number of carbonyl (C=O) groups excluding carboxylic acids is 1. The summed E-state index contributed by atoms with van der Waals surface area (Å²) in [5, 5.41) is 4.09. The van der Waals surface area contributed by atoms with Gasteiger partial charge in [0.05, 0.1) is 12.8 Å². The molecule has 0 saturated carbocycles. The van der Waals surface area contributed by atoms with E-state index < -0.39 is 5.97 Å². The third-order valence-electron chi connectivity index (χ3n) is 2.52. The van der Waals surface area contributed by atoms with E-state index in [0.717, 1.165) is 12.0 Å². The highest BCUT2D eigenvalue weighted by Crippen LogP contribution is 2.10. The fourth-order valence-corrected chi connectivity index (χ4v) is 1.60. The van der Waals surface area contributed by atoms with Gasteiger partial charge in [0, 0.05) is 25.1 Å². The minimum Gasteiger partial charge on any atom is -0.464 e. The zero-order chi connectivity index (χ0) is 13.0. The highest BCUT2D eigenvalue weighted by molar-refractivity contribution is 5.92. The Bertz CT molecular complexity index is 536. The Labute approximate surface area is 104 Å².